The quantitative estimate of drug-likeness (QED) is 0.743. The number of hydrogen-bond acceptors (Lipinski definition) is 3. The largest absolute Gasteiger partial charge is 0.326 e. The SMILES string of the molecule is CC(C)C(=O)Nc1cccc(NC(=O)CNC2CC2)c1. The molecule has 3 N–H and O–H groups in total. The van der Waals surface area contributed by atoms with E-state index >= 15 is 0 Å². The van der Waals surface area contributed by atoms with Crippen molar-refractivity contribution in [2.45, 2.75) is 32.7 Å². The van der Waals surface area contributed by atoms with Gasteiger partial charge in [-0.05, 0) is 31.0 Å². The van der Waals surface area contributed by atoms with Crippen molar-refractivity contribution in [3.05, 3.63) is 24.3 Å². The van der Waals surface area contributed by atoms with Gasteiger partial charge >= 0.3 is 0 Å². The van der Waals surface area contributed by atoms with Gasteiger partial charge in [0.05, 0.1) is 6.54 Å². The van der Waals surface area contributed by atoms with E-state index < -0.39 is 0 Å². The normalized spacial score (nSPS) is 14.2. The first-order valence-corrected chi connectivity index (χ1v) is 6.99. The summed E-state index contributed by atoms with van der Waals surface area (Å²) in [5.41, 5.74) is 1.38. The third kappa shape index (κ3) is 4.66. The molecule has 1 aromatic carbocycles. The van der Waals surface area contributed by atoms with Crippen molar-refractivity contribution in [2.75, 3.05) is 17.2 Å². The fourth-order valence-corrected chi connectivity index (χ4v) is 1.69. The van der Waals surface area contributed by atoms with Crippen LogP contribution in [0, 0.1) is 5.92 Å². The molecule has 1 aliphatic carbocycles. The summed E-state index contributed by atoms with van der Waals surface area (Å²) in [4.78, 5) is 23.3. The molecule has 0 aliphatic heterocycles. The van der Waals surface area contributed by atoms with Crippen molar-refractivity contribution in [2.24, 2.45) is 5.92 Å². The Morgan fingerprint density at radius 2 is 1.85 bits per heavy atom. The van der Waals surface area contributed by atoms with E-state index in [1.807, 2.05) is 13.8 Å². The second kappa shape index (κ2) is 6.52. The van der Waals surface area contributed by atoms with Crippen LogP contribution in [0.15, 0.2) is 24.3 Å². The molecule has 0 radical (unpaired) electrons. The predicted octanol–water partition coefficient (Wildman–Crippen LogP) is 1.97. The lowest BCUT2D eigenvalue weighted by Crippen LogP contribution is -2.29. The minimum Gasteiger partial charge on any atom is -0.326 e. The predicted molar refractivity (Wildman–Crippen MR) is 79.6 cm³/mol. The van der Waals surface area contributed by atoms with Gasteiger partial charge in [0.1, 0.15) is 0 Å². The molecule has 0 aromatic heterocycles. The lowest BCUT2D eigenvalue weighted by atomic mass is 10.2. The third-order valence-electron chi connectivity index (χ3n) is 3.07. The van der Waals surface area contributed by atoms with Gasteiger partial charge in [0.15, 0.2) is 0 Å². The lowest BCUT2D eigenvalue weighted by Gasteiger charge is -2.10. The average Bonchev–Trinajstić information content (AvgIpc) is 3.20. The highest BCUT2D eigenvalue weighted by Gasteiger charge is 2.21. The summed E-state index contributed by atoms with van der Waals surface area (Å²) in [6.07, 6.45) is 2.31. The van der Waals surface area contributed by atoms with Crippen LogP contribution in [-0.2, 0) is 9.59 Å². The van der Waals surface area contributed by atoms with Crippen molar-refractivity contribution in [1.29, 1.82) is 0 Å². The number of rotatable bonds is 6. The van der Waals surface area contributed by atoms with Crippen LogP contribution in [0.25, 0.3) is 0 Å². The van der Waals surface area contributed by atoms with E-state index in [0.29, 0.717) is 24.0 Å². The summed E-state index contributed by atoms with van der Waals surface area (Å²) in [7, 11) is 0. The van der Waals surface area contributed by atoms with Gasteiger partial charge in [-0.25, -0.2) is 0 Å². The molecule has 0 unspecified atom stereocenters. The molecule has 5 nitrogen and oxygen atoms in total. The monoisotopic (exact) mass is 275 g/mol. The van der Waals surface area contributed by atoms with Crippen LogP contribution in [0.3, 0.4) is 0 Å². The highest BCUT2D eigenvalue weighted by atomic mass is 16.2. The molecule has 5 heteroatoms. The lowest BCUT2D eigenvalue weighted by molar-refractivity contribution is -0.119. The molecular formula is C15H21N3O2. The topological polar surface area (TPSA) is 70.2 Å². The van der Waals surface area contributed by atoms with Gasteiger partial charge in [0.2, 0.25) is 11.8 Å². The van der Waals surface area contributed by atoms with Crippen LogP contribution in [-0.4, -0.2) is 24.4 Å². The Balaban J connectivity index is 1.87. The summed E-state index contributed by atoms with van der Waals surface area (Å²) >= 11 is 0. The minimum absolute atomic E-state index is 0.0381. The van der Waals surface area contributed by atoms with Gasteiger partial charge in [0, 0.05) is 23.3 Å². The van der Waals surface area contributed by atoms with Gasteiger partial charge in [-0.3, -0.25) is 9.59 Å². The second-order valence-corrected chi connectivity index (χ2v) is 5.43. The molecule has 2 amide bonds. The van der Waals surface area contributed by atoms with Gasteiger partial charge in [0.25, 0.3) is 0 Å². The average molecular weight is 275 g/mol. The van der Waals surface area contributed by atoms with Crippen molar-refractivity contribution in [3.8, 4) is 0 Å². The van der Waals surface area contributed by atoms with Crippen LogP contribution in [0.2, 0.25) is 0 Å². The van der Waals surface area contributed by atoms with E-state index in [2.05, 4.69) is 16.0 Å². The summed E-state index contributed by atoms with van der Waals surface area (Å²) in [5.74, 6) is -0.177. The standard InChI is InChI=1S/C15H21N3O2/c1-10(2)15(20)18-13-5-3-4-12(8-13)17-14(19)9-16-11-6-7-11/h3-5,8,10-11,16H,6-7,9H2,1-2H3,(H,17,19)(H,18,20). The van der Waals surface area contributed by atoms with Gasteiger partial charge < -0.3 is 16.0 Å². The molecule has 1 aromatic rings. The van der Waals surface area contributed by atoms with Crippen molar-refractivity contribution in [3.63, 3.8) is 0 Å². The third-order valence-corrected chi connectivity index (χ3v) is 3.07. The molecule has 108 valence electrons. The molecule has 0 bridgehead atoms. The van der Waals surface area contributed by atoms with Crippen LogP contribution < -0.4 is 16.0 Å². The molecule has 0 saturated heterocycles. The number of anilines is 2. The number of nitrogens with one attached hydrogen (secondary N) is 3. The number of carbonyl (C=O) groups excluding carboxylic acids is 2. The van der Waals surface area contributed by atoms with Gasteiger partial charge in [-0.15, -0.1) is 0 Å². The first kappa shape index (κ1) is 14.5. The van der Waals surface area contributed by atoms with E-state index in [-0.39, 0.29) is 17.7 Å². The second-order valence-electron chi connectivity index (χ2n) is 5.43. The van der Waals surface area contributed by atoms with Gasteiger partial charge in [-0.1, -0.05) is 19.9 Å². The minimum atomic E-state index is -0.0732. The van der Waals surface area contributed by atoms with E-state index in [4.69, 9.17) is 0 Å². The summed E-state index contributed by atoms with van der Waals surface area (Å²) in [6, 6.07) is 7.69. The Kier molecular flexibility index (Phi) is 4.74. The summed E-state index contributed by atoms with van der Waals surface area (Å²) in [6.45, 7) is 4.00. The smallest absolute Gasteiger partial charge is 0.238 e. The fourth-order valence-electron chi connectivity index (χ4n) is 1.69. The molecule has 2 rings (SSSR count). The van der Waals surface area contributed by atoms with E-state index in [0.717, 1.165) is 12.8 Å². The van der Waals surface area contributed by atoms with Crippen molar-refractivity contribution >= 4 is 23.2 Å². The molecule has 0 atom stereocenters. The molecule has 0 spiro atoms. The van der Waals surface area contributed by atoms with Crippen LogP contribution >= 0.6 is 0 Å². The van der Waals surface area contributed by atoms with Crippen molar-refractivity contribution in [1.82, 2.24) is 5.32 Å². The maximum Gasteiger partial charge on any atom is 0.238 e. The van der Waals surface area contributed by atoms with E-state index in [1.165, 1.54) is 0 Å². The maximum absolute atomic E-state index is 11.7. The van der Waals surface area contributed by atoms with Crippen molar-refractivity contribution < 1.29 is 9.59 Å². The Morgan fingerprint density at radius 3 is 2.45 bits per heavy atom. The van der Waals surface area contributed by atoms with Crippen LogP contribution in [0.4, 0.5) is 11.4 Å². The molecule has 1 fully saturated rings. The highest BCUT2D eigenvalue weighted by Crippen LogP contribution is 2.18. The molecule has 20 heavy (non-hydrogen) atoms. The van der Waals surface area contributed by atoms with Gasteiger partial charge in [-0.2, -0.15) is 0 Å². The molecule has 1 saturated carbocycles. The van der Waals surface area contributed by atoms with E-state index in [1.54, 1.807) is 24.3 Å². The Labute approximate surface area is 119 Å². The zero-order valence-corrected chi connectivity index (χ0v) is 11.9. The van der Waals surface area contributed by atoms with Crippen LogP contribution in [0.5, 0.6) is 0 Å². The molecular weight excluding hydrogens is 254 g/mol. The van der Waals surface area contributed by atoms with Crippen LogP contribution in [0.1, 0.15) is 26.7 Å². The maximum atomic E-state index is 11.7. The Hall–Kier alpha value is -1.88. The van der Waals surface area contributed by atoms with E-state index in [9.17, 15) is 9.59 Å². The number of benzene rings is 1. The zero-order valence-electron chi connectivity index (χ0n) is 11.9. The number of carbonyl (C=O) groups is 2. The summed E-state index contributed by atoms with van der Waals surface area (Å²) in [5, 5.41) is 8.78. The Morgan fingerprint density at radius 1 is 1.20 bits per heavy atom. The summed E-state index contributed by atoms with van der Waals surface area (Å²) < 4.78 is 0. The number of hydrogen-bond donors (Lipinski definition) is 3. The molecule has 1 aliphatic rings. The molecule has 0 heterocycles. The fraction of sp³-hybridized carbons (Fsp3) is 0.467. The zero-order chi connectivity index (χ0) is 14.5. The Bertz CT molecular complexity index is 496. The number of amides is 2. The highest BCUT2D eigenvalue weighted by molar-refractivity contribution is 5.95. The first-order valence-electron chi connectivity index (χ1n) is 6.99. The first-order chi connectivity index (χ1) is 9.54.